The van der Waals surface area contributed by atoms with E-state index in [-0.39, 0.29) is 5.91 Å². The SMILES string of the molecule is O=C(O)COc1ccc(C(=O)Nc2ccc(C3CCNCC3)cc2)cc1. The van der Waals surface area contributed by atoms with Crippen LogP contribution in [0.5, 0.6) is 5.75 Å². The molecule has 1 aliphatic rings. The van der Waals surface area contributed by atoms with Crippen LogP contribution in [0.15, 0.2) is 48.5 Å². The molecule has 0 bridgehead atoms. The van der Waals surface area contributed by atoms with Crippen LogP contribution in [0.1, 0.15) is 34.7 Å². The van der Waals surface area contributed by atoms with Crippen molar-refractivity contribution in [2.45, 2.75) is 18.8 Å². The minimum absolute atomic E-state index is 0.218. The molecule has 26 heavy (non-hydrogen) atoms. The van der Waals surface area contributed by atoms with Crippen molar-refractivity contribution < 1.29 is 19.4 Å². The summed E-state index contributed by atoms with van der Waals surface area (Å²) >= 11 is 0. The van der Waals surface area contributed by atoms with E-state index in [1.807, 2.05) is 12.1 Å². The van der Waals surface area contributed by atoms with Gasteiger partial charge in [0.2, 0.25) is 0 Å². The van der Waals surface area contributed by atoms with Gasteiger partial charge in [0.25, 0.3) is 5.91 Å². The van der Waals surface area contributed by atoms with Crippen molar-refractivity contribution in [1.29, 1.82) is 0 Å². The molecule has 1 aliphatic heterocycles. The topological polar surface area (TPSA) is 87.7 Å². The van der Waals surface area contributed by atoms with Crippen LogP contribution in [-0.2, 0) is 4.79 Å². The van der Waals surface area contributed by atoms with Gasteiger partial charge in [0.05, 0.1) is 0 Å². The number of piperidine rings is 1. The number of aliphatic carboxylic acids is 1. The molecule has 6 nitrogen and oxygen atoms in total. The molecule has 0 atom stereocenters. The number of carbonyl (C=O) groups excluding carboxylic acids is 1. The summed E-state index contributed by atoms with van der Waals surface area (Å²) in [5.41, 5.74) is 2.54. The lowest BCUT2D eigenvalue weighted by molar-refractivity contribution is -0.139. The van der Waals surface area contributed by atoms with Crippen LogP contribution in [-0.4, -0.2) is 36.7 Å². The maximum absolute atomic E-state index is 12.3. The lowest BCUT2D eigenvalue weighted by Gasteiger charge is -2.23. The minimum atomic E-state index is -1.04. The fraction of sp³-hybridized carbons (Fsp3) is 0.300. The molecule has 0 saturated carbocycles. The highest BCUT2D eigenvalue weighted by atomic mass is 16.5. The Kier molecular flexibility index (Phi) is 5.86. The second kappa shape index (κ2) is 8.49. The Morgan fingerprint density at radius 2 is 1.69 bits per heavy atom. The molecule has 0 spiro atoms. The van der Waals surface area contributed by atoms with Crippen LogP contribution in [0.25, 0.3) is 0 Å². The van der Waals surface area contributed by atoms with Gasteiger partial charge in [0, 0.05) is 11.3 Å². The number of carbonyl (C=O) groups is 2. The van der Waals surface area contributed by atoms with E-state index in [0.717, 1.165) is 31.6 Å². The first-order chi connectivity index (χ1) is 12.6. The van der Waals surface area contributed by atoms with Gasteiger partial charge in [-0.25, -0.2) is 4.79 Å². The number of ether oxygens (including phenoxy) is 1. The molecule has 0 aromatic heterocycles. The molecule has 2 aromatic carbocycles. The Hall–Kier alpha value is -2.86. The normalized spacial score (nSPS) is 14.6. The number of anilines is 1. The van der Waals surface area contributed by atoms with Crippen LogP contribution < -0.4 is 15.4 Å². The minimum Gasteiger partial charge on any atom is -0.482 e. The van der Waals surface area contributed by atoms with E-state index in [0.29, 0.717) is 17.2 Å². The van der Waals surface area contributed by atoms with Crippen LogP contribution in [0, 0.1) is 0 Å². The van der Waals surface area contributed by atoms with Crippen molar-refractivity contribution in [3.05, 3.63) is 59.7 Å². The Balaban J connectivity index is 1.57. The summed E-state index contributed by atoms with van der Waals surface area (Å²) in [6, 6.07) is 14.4. The summed E-state index contributed by atoms with van der Waals surface area (Å²) in [5.74, 6) is -0.265. The number of hydrogen-bond donors (Lipinski definition) is 3. The third-order valence-corrected chi connectivity index (χ3v) is 4.46. The summed E-state index contributed by atoms with van der Waals surface area (Å²) in [7, 11) is 0. The van der Waals surface area contributed by atoms with Gasteiger partial charge >= 0.3 is 5.97 Å². The highest BCUT2D eigenvalue weighted by molar-refractivity contribution is 6.04. The van der Waals surface area contributed by atoms with E-state index in [1.165, 1.54) is 5.56 Å². The molecule has 3 N–H and O–H groups in total. The fourth-order valence-electron chi connectivity index (χ4n) is 3.04. The molecule has 0 radical (unpaired) electrons. The number of amides is 1. The molecular formula is C20H22N2O4. The summed E-state index contributed by atoms with van der Waals surface area (Å²) < 4.78 is 5.06. The van der Waals surface area contributed by atoms with Gasteiger partial charge in [-0.3, -0.25) is 4.79 Å². The van der Waals surface area contributed by atoms with Gasteiger partial charge in [0.15, 0.2) is 6.61 Å². The Labute approximate surface area is 152 Å². The zero-order chi connectivity index (χ0) is 18.4. The second-order valence-corrected chi connectivity index (χ2v) is 6.31. The van der Waals surface area contributed by atoms with E-state index in [1.54, 1.807) is 24.3 Å². The van der Waals surface area contributed by atoms with Crippen LogP contribution in [0.3, 0.4) is 0 Å². The summed E-state index contributed by atoms with van der Waals surface area (Å²) in [4.78, 5) is 22.8. The Morgan fingerprint density at radius 3 is 2.31 bits per heavy atom. The van der Waals surface area contributed by atoms with Crippen molar-refractivity contribution >= 4 is 17.6 Å². The lowest BCUT2D eigenvalue weighted by atomic mass is 9.90. The van der Waals surface area contributed by atoms with E-state index >= 15 is 0 Å². The predicted octanol–water partition coefficient (Wildman–Crippen LogP) is 2.87. The van der Waals surface area contributed by atoms with Crippen molar-refractivity contribution in [2.24, 2.45) is 0 Å². The number of carboxylic acid groups (broad SMARTS) is 1. The average Bonchev–Trinajstić information content (AvgIpc) is 2.68. The van der Waals surface area contributed by atoms with E-state index in [9.17, 15) is 9.59 Å². The molecule has 3 rings (SSSR count). The monoisotopic (exact) mass is 354 g/mol. The maximum atomic E-state index is 12.3. The molecule has 1 heterocycles. The van der Waals surface area contributed by atoms with Crippen LogP contribution in [0.2, 0.25) is 0 Å². The van der Waals surface area contributed by atoms with Gasteiger partial charge in [-0.2, -0.15) is 0 Å². The van der Waals surface area contributed by atoms with E-state index in [4.69, 9.17) is 9.84 Å². The third kappa shape index (κ3) is 4.83. The Bertz CT molecular complexity index is 750. The van der Waals surface area contributed by atoms with Gasteiger partial charge < -0.3 is 20.5 Å². The van der Waals surface area contributed by atoms with Crippen molar-refractivity contribution in [3.63, 3.8) is 0 Å². The summed E-state index contributed by atoms with van der Waals surface area (Å²) in [6.45, 7) is 1.69. The van der Waals surface area contributed by atoms with Crippen molar-refractivity contribution in [3.8, 4) is 5.75 Å². The molecular weight excluding hydrogens is 332 g/mol. The van der Waals surface area contributed by atoms with E-state index in [2.05, 4.69) is 22.8 Å². The largest absolute Gasteiger partial charge is 0.482 e. The van der Waals surface area contributed by atoms with E-state index < -0.39 is 12.6 Å². The molecule has 1 amide bonds. The fourth-order valence-corrected chi connectivity index (χ4v) is 3.04. The van der Waals surface area contributed by atoms with Gasteiger partial charge in [0.1, 0.15) is 5.75 Å². The number of nitrogens with one attached hydrogen (secondary N) is 2. The first-order valence-corrected chi connectivity index (χ1v) is 8.68. The standard InChI is InChI=1S/C20H22N2O4/c23-19(24)13-26-18-7-3-16(4-8-18)20(25)22-17-5-1-14(2-6-17)15-9-11-21-12-10-15/h1-8,15,21H,9-13H2,(H,22,25)(H,23,24). The summed E-state index contributed by atoms with van der Waals surface area (Å²) in [6.07, 6.45) is 2.28. The lowest BCUT2D eigenvalue weighted by Crippen LogP contribution is -2.26. The highest BCUT2D eigenvalue weighted by Crippen LogP contribution is 2.26. The first-order valence-electron chi connectivity index (χ1n) is 8.68. The number of carboxylic acids is 1. The van der Waals surface area contributed by atoms with Crippen LogP contribution in [0.4, 0.5) is 5.69 Å². The van der Waals surface area contributed by atoms with Gasteiger partial charge in [-0.15, -0.1) is 0 Å². The molecule has 1 fully saturated rings. The average molecular weight is 354 g/mol. The van der Waals surface area contributed by atoms with Gasteiger partial charge in [-0.05, 0) is 73.8 Å². The predicted molar refractivity (Wildman–Crippen MR) is 98.8 cm³/mol. The van der Waals surface area contributed by atoms with Crippen LogP contribution >= 0.6 is 0 Å². The first kappa shape index (κ1) is 17.9. The molecule has 0 unspecified atom stereocenters. The summed E-state index contributed by atoms with van der Waals surface area (Å²) in [5, 5.41) is 14.8. The van der Waals surface area contributed by atoms with Gasteiger partial charge in [-0.1, -0.05) is 12.1 Å². The molecule has 2 aromatic rings. The smallest absolute Gasteiger partial charge is 0.341 e. The molecule has 0 aliphatic carbocycles. The second-order valence-electron chi connectivity index (χ2n) is 6.31. The maximum Gasteiger partial charge on any atom is 0.341 e. The van der Waals surface area contributed by atoms with Crippen molar-refractivity contribution in [1.82, 2.24) is 5.32 Å². The molecule has 136 valence electrons. The zero-order valence-corrected chi connectivity index (χ0v) is 14.4. The number of benzene rings is 2. The molecule has 6 heteroatoms. The zero-order valence-electron chi connectivity index (χ0n) is 14.4. The highest BCUT2D eigenvalue weighted by Gasteiger charge is 2.15. The third-order valence-electron chi connectivity index (χ3n) is 4.46. The quantitative estimate of drug-likeness (QED) is 0.742. The number of rotatable bonds is 6. The van der Waals surface area contributed by atoms with Crippen molar-refractivity contribution in [2.75, 3.05) is 25.0 Å². The number of hydrogen-bond acceptors (Lipinski definition) is 4. The molecule has 1 saturated heterocycles. The Morgan fingerprint density at radius 1 is 1.04 bits per heavy atom.